The zero-order valence-electron chi connectivity index (χ0n) is 11.6. The van der Waals surface area contributed by atoms with Crippen molar-refractivity contribution in [1.82, 2.24) is 19.7 Å². The number of hydrogen-bond acceptors (Lipinski definition) is 5. The van der Waals surface area contributed by atoms with E-state index in [0.29, 0.717) is 12.5 Å². The first kappa shape index (κ1) is 13.3. The molecule has 0 amide bonds. The summed E-state index contributed by atoms with van der Waals surface area (Å²) in [6, 6.07) is 2.01. The van der Waals surface area contributed by atoms with Crippen LogP contribution in [0.15, 0.2) is 18.6 Å². The third kappa shape index (κ3) is 3.21. The van der Waals surface area contributed by atoms with Crippen LogP contribution in [0.2, 0.25) is 0 Å². The van der Waals surface area contributed by atoms with Crippen molar-refractivity contribution in [3.8, 4) is 5.88 Å². The van der Waals surface area contributed by atoms with Gasteiger partial charge in [-0.3, -0.25) is 4.68 Å². The van der Waals surface area contributed by atoms with Crippen molar-refractivity contribution < 1.29 is 4.74 Å². The Morgan fingerprint density at radius 1 is 1.37 bits per heavy atom. The van der Waals surface area contributed by atoms with Gasteiger partial charge in [-0.25, -0.2) is 9.97 Å². The van der Waals surface area contributed by atoms with Gasteiger partial charge in [-0.15, -0.1) is 0 Å². The number of hydrogen-bond donors (Lipinski definition) is 1. The van der Waals surface area contributed by atoms with Gasteiger partial charge >= 0.3 is 0 Å². The predicted octanol–water partition coefficient (Wildman–Crippen LogP) is 1.57. The maximum atomic E-state index is 5.44. The molecular formula is C13H19N5O. The van der Waals surface area contributed by atoms with Gasteiger partial charge in [0.05, 0.1) is 12.2 Å². The van der Waals surface area contributed by atoms with E-state index in [4.69, 9.17) is 4.74 Å². The second-order valence-corrected chi connectivity index (χ2v) is 4.21. The SMILES string of the molecule is CCOc1ncnc(NCCc2ccnn2C)c1C. The van der Waals surface area contributed by atoms with Crippen LogP contribution in [-0.4, -0.2) is 32.9 Å². The summed E-state index contributed by atoms with van der Waals surface area (Å²) in [5.41, 5.74) is 2.12. The molecule has 19 heavy (non-hydrogen) atoms. The van der Waals surface area contributed by atoms with Crippen LogP contribution in [0.4, 0.5) is 5.82 Å². The molecule has 2 rings (SSSR count). The maximum absolute atomic E-state index is 5.44. The molecule has 0 radical (unpaired) electrons. The first-order chi connectivity index (χ1) is 9.22. The average Bonchev–Trinajstić information content (AvgIpc) is 2.80. The van der Waals surface area contributed by atoms with Crippen LogP contribution in [0.1, 0.15) is 18.2 Å². The molecule has 6 heteroatoms. The lowest BCUT2D eigenvalue weighted by Gasteiger charge is -2.11. The van der Waals surface area contributed by atoms with Gasteiger partial charge < -0.3 is 10.1 Å². The summed E-state index contributed by atoms with van der Waals surface area (Å²) >= 11 is 0. The molecular weight excluding hydrogens is 242 g/mol. The Kier molecular flexibility index (Phi) is 4.33. The second kappa shape index (κ2) is 6.17. The summed E-state index contributed by atoms with van der Waals surface area (Å²) in [7, 11) is 1.94. The molecule has 6 nitrogen and oxygen atoms in total. The minimum Gasteiger partial charge on any atom is -0.478 e. The number of anilines is 1. The molecule has 0 aromatic carbocycles. The summed E-state index contributed by atoms with van der Waals surface area (Å²) in [6.45, 7) is 5.30. The van der Waals surface area contributed by atoms with E-state index in [0.717, 1.165) is 24.3 Å². The molecule has 2 heterocycles. The molecule has 102 valence electrons. The number of aromatic nitrogens is 4. The molecule has 0 spiro atoms. The molecule has 0 saturated carbocycles. The van der Waals surface area contributed by atoms with Crippen molar-refractivity contribution in [2.75, 3.05) is 18.5 Å². The summed E-state index contributed by atoms with van der Waals surface area (Å²) in [4.78, 5) is 8.35. The Morgan fingerprint density at radius 3 is 2.89 bits per heavy atom. The van der Waals surface area contributed by atoms with Crippen LogP contribution in [0.25, 0.3) is 0 Å². The topological polar surface area (TPSA) is 64.9 Å². The van der Waals surface area contributed by atoms with Gasteiger partial charge in [0, 0.05) is 31.9 Å². The second-order valence-electron chi connectivity index (χ2n) is 4.21. The Balaban J connectivity index is 1.96. The quantitative estimate of drug-likeness (QED) is 0.855. The molecule has 0 aliphatic heterocycles. The van der Waals surface area contributed by atoms with E-state index in [-0.39, 0.29) is 0 Å². The Hall–Kier alpha value is -2.11. The predicted molar refractivity (Wildman–Crippen MR) is 73.3 cm³/mol. The van der Waals surface area contributed by atoms with E-state index in [2.05, 4.69) is 20.4 Å². The zero-order chi connectivity index (χ0) is 13.7. The standard InChI is InChI=1S/C13H19N5O/c1-4-19-13-10(2)12(15-9-16-13)14-7-5-11-6-8-17-18(11)3/h6,8-9H,4-5,7H2,1-3H3,(H,14,15,16). The van der Waals surface area contributed by atoms with Crippen LogP contribution in [-0.2, 0) is 13.5 Å². The fourth-order valence-corrected chi connectivity index (χ4v) is 1.85. The fraction of sp³-hybridized carbons (Fsp3) is 0.462. The van der Waals surface area contributed by atoms with Crippen LogP contribution in [0.3, 0.4) is 0 Å². The van der Waals surface area contributed by atoms with Crippen molar-refractivity contribution in [2.24, 2.45) is 7.05 Å². The molecule has 0 aliphatic rings. The number of nitrogens with one attached hydrogen (secondary N) is 1. The molecule has 0 unspecified atom stereocenters. The summed E-state index contributed by atoms with van der Waals surface area (Å²) in [5.74, 6) is 1.46. The first-order valence-corrected chi connectivity index (χ1v) is 6.37. The molecule has 0 atom stereocenters. The van der Waals surface area contributed by atoms with Crippen molar-refractivity contribution in [3.05, 3.63) is 29.8 Å². The average molecular weight is 261 g/mol. The number of aryl methyl sites for hydroxylation is 1. The zero-order valence-corrected chi connectivity index (χ0v) is 11.6. The summed E-state index contributed by atoms with van der Waals surface area (Å²) in [5, 5.41) is 7.45. The minimum atomic E-state index is 0.603. The molecule has 2 aromatic rings. The summed E-state index contributed by atoms with van der Waals surface area (Å²) in [6.07, 6.45) is 4.22. The van der Waals surface area contributed by atoms with Crippen LogP contribution < -0.4 is 10.1 Å². The highest BCUT2D eigenvalue weighted by atomic mass is 16.5. The summed E-state index contributed by atoms with van der Waals surface area (Å²) < 4.78 is 7.32. The lowest BCUT2D eigenvalue weighted by molar-refractivity contribution is 0.324. The lowest BCUT2D eigenvalue weighted by atomic mass is 10.3. The van der Waals surface area contributed by atoms with E-state index < -0.39 is 0 Å². The monoisotopic (exact) mass is 261 g/mol. The van der Waals surface area contributed by atoms with E-state index in [1.54, 1.807) is 6.20 Å². The highest BCUT2D eigenvalue weighted by Crippen LogP contribution is 2.20. The molecule has 0 aliphatic carbocycles. The largest absolute Gasteiger partial charge is 0.478 e. The first-order valence-electron chi connectivity index (χ1n) is 6.37. The van der Waals surface area contributed by atoms with Gasteiger partial charge in [0.2, 0.25) is 5.88 Å². The van der Waals surface area contributed by atoms with Gasteiger partial charge in [-0.05, 0) is 19.9 Å². The molecule has 0 bridgehead atoms. The normalized spacial score (nSPS) is 10.5. The molecule has 0 saturated heterocycles. The smallest absolute Gasteiger partial charge is 0.221 e. The van der Waals surface area contributed by atoms with Crippen LogP contribution >= 0.6 is 0 Å². The van der Waals surface area contributed by atoms with Crippen LogP contribution in [0.5, 0.6) is 5.88 Å². The van der Waals surface area contributed by atoms with Gasteiger partial charge in [0.15, 0.2) is 0 Å². The maximum Gasteiger partial charge on any atom is 0.221 e. The fourth-order valence-electron chi connectivity index (χ4n) is 1.85. The van der Waals surface area contributed by atoms with E-state index in [1.165, 1.54) is 12.0 Å². The van der Waals surface area contributed by atoms with E-state index in [1.807, 2.05) is 31.6 Å². The number of ether oxygens (including phenoxy) is 1. The van der Waals surface area contributed by atoms with Crippen molar-refractivity contribution >= 4 is 5.82 Å². The molecule has 0 fully saturated rings. The highest BCUT2D eigenvalue weighted by Gasteiger charge is 2.07. The highest BCUT2D eigenvalue weighted by molar-refractivity contribution is 5.47. The Labute approximate surface area is 112 Å². The van der Waals surface area contributed by atoms with Crippen molar-refractivity contribution in [2.45, 2.75) is 20.3 Å². The lowest BCUT2D eigenvalue weighted by Crippen LogP contribution is -2.11. The molecule has 1 N–H and O–H groups in total. The number of rotatable bonds is 6. The van der Waals surface area contributed by atoms with Crippen molar-refractivity contribution in [3.63, 3.8) is 0 Å². The van der Waals surface area contributed by atoms with Crippen LogP contribution in [0, 0.1) is 6.92 Å². The minimum absolute atomic E-state index is 0.603. The third-order valence-corrected chi connectivity index (χ3v) is 2.91. The van der Waals surface area contributed by atoms with Gasteiger partial charge in [0.25, 0.3) is 0 Å². The Morgan fingerprint density at radius 2 is 2.21 bits per heavy atom. The van der Waals surface area contributed by atoms with Gasteiger partial charge in [-0.2, -0.15) is 5.10 Å². The van der Waals surface area contributed by atoms with Crippen molar-refractivity contribution in [1.29, 1.82) is 0 Å². The number of nitrogens with zero attached hydrogens (tertiary/aromatic N) is 4. The van der Waals surface area contributed by atoms with Gasteiger partial charge in [0.1, 0.15) is 12.1 Å². The van der Waals surface area contributed by atoms with E-state index >= 15 is 0 Å². The van der Waals surface area contributed by atoms with E-state index in [9.17, 15) is 0 Å². The third-order valence-electron chi connectivity index (χ3n) is 2.91. The molecule has 2 aromatic heterocycles. The van der Waals surface area contributed by atoms with Gasteiger partial charge in [-0.1, -0.05) is 0 Å². The Bertz CT molecular complexity index is 538.